The summed E-state index contributed by atoms with van der Waals surface area (Å²) in [4.78, 5) is 14.1. The van der Waals surface area contributed by atoms with E-state index in [9.17, 15) is 9.18 Å². The van der Waals surface area contributed by atoms with Crippen LogP contribution in [0.15, 0.2) is 30.5 Å². The zero-order valence-electron chi connectivity index (χ0n) is 13.8. The van der Waals surface area contributed by atoms with Crippen molar-refractivity contribution < 1.29 is 13.9 Å². The number of carbonyl (C=O) groups excluding carboxylic acids is 1. The number of benzene rings is 1. The number of likely N-dealkylation sites (tertiary alicyclic amines) is 1. The summed E-state index contributed by atoms with van der Waals surface area (Å²) in [6.07, 6.45) is 3.52. The first-order valence-electron chi connectivity index (χ1n) is 7.96. The number of para-hydroxylation sites is 1. The number of nitrogens with zero attached hydrogens (tertiary/aromatic N) is 3. The summed E-state index contributed by atoms with van der Waals surface area (Å²) in [7, 11) is 3.38. The lowest BCUT2D eigenvalue weighted by atomic mass is 9.93. The second-order valence-electron chi connectivity index (χ2n) is 5.89. The number of nitrogens with one attached hydrogen (secondary N) is 1. The van der Waals surface area contributed by atoms with Crippen LogP contribution in [0.5, 0.6) is 5.75 Å². The molecule has 6 nitrogen and oxygen atoms in total. The molecule has 1 N–H and O–H groups in total. The number of hydrogen-bond acceptors (Lipinski definition) is 3. The molecule has 1 saturated heterocycles. The zero-order chi connectivity index (χ0) is 17.1. The van der Waals surface area contributed by atoms with E-state index in [1.54, 1.807) is 23.2 Å². The summed E-state index contributed by atoms with van der Waals surface area (Å²) in [6, 6.07) is 6.18. The Morgan fingerprint density at radius 3 is 2.71 bits per heavy atom. The average Bonchev–Trinajstić information content (AvgIpc) is 3.02. The van der Waals surface area contributed by atoms with E-state index >= 15 is 0 Å². The Hall–Kier alpha value is -2.57. The number of amides is 2. The number of aryl methyl sites for hydroxylation is 1. The summed E-state index contributed by atoms with van der Waals surface area (Å²) in [5, 5.41) is 6.83. The molecule has 0 bridgehead atoms. The second-order valence-corrected chi connectivity index (χ2v) is 5.89. The maximum absolute atomic E-state index is 13.9. The van der Waals surface area contributed by atoms with Gasteiger partial charge in [0, 0.05) is 37.9 Å². The lowest BCUT2D eigenvalue weighted by Crippen LogP contribution is -2.41. The number of rotatable bonds is 3. The minimum absolute atomic E-state index is 0.0822. The summed E-state index contributed by atoms with van der Waals surface area (Å²) in [6.45, 7) is 1.25. The van der Waals surface area contributed by atoms with Crippen molar-refractivity contribution in [3.05, 3.63) is 42.0 Å². The van der Waals surface area contributed by atoms with E-state index in [0.29, 0.717) is 24.8 Å². The predicted molar refractivity (Wildman–Crippen MR) is 88.7 cm³/mol. The summed E-state index contributed by atoms with van der Waals surface area (Å²) < 4.78 is 20.9. The molecule has 0 spiro atoms. The number of aromatic nitrogens is 2. The Morgan fingerprint density at radius 2 is 2.08 bits per heavy atom. The lowest BCUT2D eigenvalue weighted by Gasteiger charge is -2.32. The molecule has 0 radical (unpaired) electrons. The zero-order valence-corrected chi connectivity index (χ0v) is 13.8. The summed E-state index contributed by atoms with van der Waals surface area (Å²) in [5.41, 5.74) is 1.27. The van der Waals surface area contributed by atoms with E-state index in [1.165, 1.54) is 18.9 Å². The topological polar surface area (TPSA) is 59.4 Å². The SMILES string of the molecule is COc1cccc(F)c1NC(=O)N1CCC(c2ccnn2C)CC1. The van der Waals surface area contributed by atoms with E-state index in [-0.39, 0.29) is 11.7 Å². The van der Waals surface area contributed by atoms with Crippen molar-refractivity contribution in [2.24, 2.45) is 7.05 Å². The summed E-state index contributed by atoms with van der Waals surface area (Å²) >= 11 is 0. The van der Waals surface area contributed by atoms with Crippen LogP contribution in [0.3, 0.4) is 0 Å². The number of carbonyl (C=O) groups is 1. The molecular weight excluding hydrogens is 311 g/mol. The maximum Gasteiger partial charge on any atom is 0.322 e. The van der Waals surface area contributed by atoms with Crippen molar-refractivity contribution in [2.45, 2.75) is 18.8 Å². The average molecular weight is 332 g/mol. The Kier molecular flexibility index (Phi) is 4.69. The molecule has 0 unspecified atom stereocenters. The molecule has 1 fully saturated rings. The Morgan fingerprint density at radius 1 is 1.33 bits per heavy atom. The highest BCUT2D eigenvalue weighted by atomic mass is 19.1. The summed E-state index contributed by atoms with van der Waals surface area (Å²) in [5.74, 6) is 0.199. The number of ether oxygens (including phenoxy) is 1. The van der Waals surface area contributed by atoms with Crippen molar-refractivity contribution in [3.63, 3.8) is 0 Å². The molecule has 1 aliphatic heterocycles. The number of halogens is 1. The molecule has 128 valence electrons. The van der Waals surface area contributed by atoms with Gasteiger partial charge in [-0.15, -0.1) is 0 Å². The van der Waals surface area contributed by atoms with Crippen LogP contribution in [0.4, 0.5) is 14.9 Å². The predicted octanol–water partition coefficient (Wildman–Crippen LogP) is 2.98. The third-order valence-corrected chi connectivity index (χ3v) is 4.49. The largest absolute Gasteiger partial charge is 0.494 e. The molecule has 2 amide bonds. The van der Waals surface area contributed by atoms with Gasteiger partial charge in [-0.25, -0.2) is 9.18 Å². The molecule has 1 aromatic carbocycles. The first-order chi connectivity index (χ1) is 11.6. The van der Waals surface area contributed by atoms with Crippen molar-refractivity contribution in [1.82, 2.24) is 14.7 Å². The van der Waals surface area contributed by atoms with Gasteiger partial charge in [-0.05, 0) is 31.0 Å². The fraction of sp³-hybridized carbons (Fsp3) is 0.412. The van der Waals surface area contributed by atoms with E-state index in [4.69, 9.17) is 4.74 Å². The highest BCUT2D eigenvalue weighted by molar-refractivity contribution is 5.91. The van der Waals surface area contributed by atoms with Gasteiger partial charge in [0.2, 0.25) is 0 Å². The van der Waals surface area contributed by atoms with Crippen LogP contribution in [0.2, 0.25) is 0 Å². The number of methoxy groups -OCH3 is 1. The standard InChI is InChI=1S/C17H21FN4O2/c1-21-14(6-9-19-21)12-7-10-22(11-8-12)17(23)20-16-13(18)4-3-5-15(16)24-2/h3-6,9,12H,7-8,10-11H2,1-2H3,(H,20,23). The van der Waals surface area contributed by atoms with Crippen molar-refractivity contribution in [3.8, 4) is 5.75 Å². The lowest BCUT2D eigenvalue weighted by molar-refractivity contribution is 0.193. The van der Waals surface area contributed by atoms with E-state index < -0.39 is 5.82 Å². The molecule has 1 aromatic heterocycles. The van der Waals surface area contributed by atoms with Gasteiger partial charge in [-0.1, -0.05) is 6.07 Å². The van der Waals surface area contributed by atoms with Crippen molar-refractivity contribution >= 4 is 11.7 Å². The molecule has 24 heavy (non-hydrogen) atoms. The van der Waals surface area contributed by atoms with Crippen molar-refractivity contribution in [2.75, 3.05) is 25.5 Å². The van der Waals surface area contributed by atoms with Gasteiger partial charge < -0.3 is 15.0 Å². The molecule has 2 aromatic rings. The van der Waals surface area contributed by atoms with Crippen LogP contribution in [0.25, 0.3) is 0 Å². The quantitative estimate of drug-likeness (QED) is 0.940. The number of hydrogen-bond donors (Lipinski definition) is 1. The van der Waals surface area contributed by atoms with Crippen LogP contribution in [-0.4, -0.2) is 40.9 Å². The van der Waals surface area contributed by atoms with Crippen LogP contribution in [0.1, 0.15) is 24.5 Å². The van der Waals surface area contributed by atoms with E-state index in [0.717, 1.165) is 12.8 Å². The molecule has 7 heteroatoms. The first kappa shape index (κ1) is 16.3. The van der Waals surface area contributed by atoms with Crippen molar-refractivity contribution in [1.29, 1.82) is 0 Å². The minimum atomic E-state index is -0.507. The Balaban J connectivity index is 1.63. The van der Waals surface area contributed by atoms with Crippen LogP contribution < -0.4 is 10.1 Å². The van der Waals surface area contributed by atoms with Gasteiger partial charge in [-0.2, -0.15) is 5.10 Å². The fourth-order valence-corrected chi connectivity index (χ4v) is 3.14. The minimum Gasteiger partial charge on any atom is -0.494 e. The van der Waals surface area contributed by atoms with E-state index in [2.05, 4.69) is 10.4 Å². The molecule has 3 rings (SSSR count). The maximum atomic E-state index is 13.9. The molecule has 1 aliphatic rings. The molecular formula is C17H21FN4O2. The van der Waals surface area contributed by atoms with E-state index in [1.807, 2.05) is 17.8 Å². The van der Waals surface area contributed by atoms with Gasteiger partial charge in [0.05, 0.1) is 7.11 Å². The Labute approximate surface area is 140 Å². The third kappa shape index (κ3) is 3.20. The molecule has 0 aliphatic carbocycles. The smallest absolute Gasteiger partial charge is 0.322 e. The molecule has 2 heterocycles. The van der Waals surface area contributed by atoms with Gasteiger partial charge in [0.15, 0.2) is 5.82 Å². The number of piperidine rings is 1. The van der Waals surface area contributed by atoms with Gasteiger partial charge >= 0.3 is 6.03 Å². The third-order valence-electron chi connectivity index (χ3n) is 4.49. The van der Waals surface area contributed by atoms with Crippen LogP contribution in [0, 0.1) is 5.82 Å². The van der Waals surface area contributed by atoms with Gasteiger partial charge in [0.25, 0.3) is 0 Å². The highest BCUT2D eigenvalue weighted by Crippen LogP contribution is 2.30. The molecule has 0 atom stereocenters. The second kappa shape index (κ2) is 6.90. The number of urea groups is 1. The van der Waals surface area contributed by atoms with Gasteiger partial charge in [-0.3, -0.25) is 4.68 Å². The first-order valence-corrected chi connectivity index (χ1v) is 7.96. The number of anilines is 1. The normalized spacial score (nSPS) is 15.4. The molecule has 0 saturated carbocycles. The Bertz CT molecular complexity index is 723. The fourth-order valence-electron chi connectivity index (χ4n) is 3.14. The monoisotopic (exact) mass is 332 g/mol. The highest BCUT2D eigenvalue weighted by Gasteiger charge is 2.26. The van der Waals surface area contributed by atoms with Crippen LogP contribution >= 0.6 is 0 Å². The van der Waals surface area contributed by atoms with Crippen LogP contribution in [-0.2, 0) is 7.05 Å². The van der Waals surface area contributed by atoms with Gasteiger partial charge in [0.1, 0.15) is 11.4 Å².